The Morgan fingerprint density at radius 3 is 2.83 bits per heavy atom. The van der Waals surface area contributed by atoms with Gasteiger partial charge in [0.2, 0.25) is 5.89 Å². The molecule has 2 heterocycles. The summed E-state index contributed by atoms with van der Waals surface area (Å²) in [6, 6.07) is 3.29. The van der Waals surface area contributed by atoms with Gasteiger partial charge in [0.25, 0.3) is 0 Å². The first-order chi connectivity index (χ1) is 10.8. The number of ether oxygens (including phenoxy) is 1. The Morgan fingerprint density at radius 1 is 1.52 bits per heavy atom. The summed E-state index contributed by atoms with van der Waals surface area (Å²) in [4.78, 5) is 16.9. The number of hydrogen-bond donors (Lipinski definition) is 2. The Hall–Kier alpha value is -1.86. The maximum Gasteiger partial charge on any atom is 0.407 e. The molecule has 0 fully saturated rings. The molecule has 0 aliphatic carbocycles. The average molecular weight is 338 g/mol. The van der Waals surface area contributed by atoms with Crippen LogP contribution >= 0.6 is 11.3 Å². The molecule has 7 heteroatoms. The summed E-state index contributed by atoms with van der Waals surface area (Å²) in [5, 5.41) is 15.0. The van der Waals surface area contributed by atoms with Crippen molar-refractivity contribution in [3.63, 3.8) is 0 Å². The SMILES string of the molecule is CCC(NC(=O)OC(C)(C)C)[C@H](O)c1ncc(-c2cccs2)o1. The molecule has 0 radical (unpaired) electrons. The Bertz CT molecular complexity index is 631. The van der Waals surface area contributed by atoms with Crippen molar-refractivity contribution < 1.29 is 19.1 Å². The number of hydrogen-bond acceptors (Lipinski definition) is 6. The van der Waals surface area contributed by atoms with Gasteiger partial charge in [-0.25, -0.2) is 9.78 Å². The molecule has 0 saturated carbocycles. The molecular formula is C16H22N2O4S. The van der Waals surface area contributed by atoms with Gasteiger partial charge in [-0.2, -0.15) is 0 Å². The number of aromatic nitrogens is 1. The summed E-state index contributed by atoms with van der Waals surface area (Å²) in [6.07, 6.45) is 0.469. The van der Waals surface area contributed by atoms with E-state index in [2.05, 4.69) is 10.3 Å². The van der Waals surface area contributed by atoms with Crippen LogP contribution in [0.25, 0.3) is 10.6 Å². The van der Waals surface area contributed by atoms with Crippen molar-refractivity contribution in [3.8, 4) is 10.6 Å². The molecule has 6 nitrogen and oxygen atoms in total. The maximum absolute atomic E-state index is 11.9. The van der Waals surface area contributed by atoms with E-state index in [4.69, 9.17) is 9.15 Å². The molecule has 0 aromatic carbocycles. The average Bonchev–Trinajstić information content (AvgIpc) is 3.11. The van der Waals surface area contributed by atoms with Crippen LogP contribution in [0.1, 0.15) is 46.1 Å². The number of rotatable bonds is 5. The van der Waals surface area contributed by atoms with Crippen molar-refractivity contribution in [2.24, 2.45) is 0 Å². The minimum absolute atomic E-state index is 0.177. The lowest BCUT2D eigenvalue weighted by molar-refractivity contribution is 0.0386. The highest BCUT2D eigenvalue weighted by Gasteiger charge is 2.27. The normalized spacial score (nSPS) is 14.3. The van der Waals surface area contributed by atoms with E-state index in [1.54, 1.807) is 27.0 Å². The summed E-state index contributed by atoms with van der Waals surface area (Å²) < 4.78 is 10.8. The van der Waals surface area contributed by atoms with Gasteiger partial charge in [0.15, 0.2) is 11.9 Å². The summed E-state index contributed by atoms with van der Waals surface area (Å²) in [7, 11) is 0. The Morgan fingerprint density at radius 2 is 2.26 bits per heavy atom. The predicted octanol–water partition coefficient (Wildman–Crippen LogP) is 3.74. The van der Waals surface area contributed by atoms with Gasteiger partial charge in [0, 0.05) is 0 Å². The van der Waals surface area contributed by atoms with Crippen LogP contribution in [0.3, 0.4) is 0 Å². The molecule has 0 bridgehead atoms. The van der Waals surface area contributed by atoms with Gasteiger partial charge in [0.05, 0.1) is 17.1 Å². The fourth-order valence-electron chi connectivity index (χ4n) is 1.99. The van der Waals surface area contributed by atoms with Crippen LogP contribution in [0.15, 0.2) is 28.1 Å². The molecule has 0 aliphatic heterocycles. The highest BCUT2D eigenvalue weighted by Crippen LogP contribution is 2.28. The third-order valence-electron chi connectivity index (χ3n) is 3.06. The van der Waals surface area contributed by atoms with Crippen molar-refractivity contribution in [3.05, 3.63) is 29.6 Å². The van der Waals surface area contributed by atoms with E-state index in [1.165, 1.54) is 11.3 Å². The topological polar surface area (TPSA) is 84.6 Å². The Labute approximate surface area is 139 Å². The quantitative estimate of drug-likeness (QED) is 0.867. The van der Waals surface area contributed by atoms with Crippen LogP contribution in [0.5, 0.6) is 0 Å². The number of aliphatic hydroxyl groups excluding tert-OH is 1. The molecule has 126 valence electrons. The van der Waals surface area contributed by atoms with Crippen LogP contribution < -0.4 is 5.32 Å². The van der Waals surface area contributed by atoms with Crippen LogP contribution in [-0.4, -0.2) is 27.8 Å². The molecular weight excluding hydrogens is 316 g/mol. The number of thiophene rings is 1. The monoisotopic (exact) mass is 338 g/mol. The van der Waals surface area contributed by atoms with E-state index < -0.39 is 23.8 Å². The van der Waals surface area contributed by atoms with Crippen LogP contribution in [0.4, 0.5) is 4.79 Å². The zero-order chi connectivity index (χ0) is 17.0. The molecule has 0 saturated heterocycles. The fourth-order valence-corrected chi connectivity index (χ4v) is 2.66. The van der Waals surface area contributed by atoms with Gasteiger partial charge >= 0.3 is 6.09 Å². The van der Waals surface area contributed by atoms with Gasteiger partial charge in [-0.05, 0) is 38.6 Å². The van der Waals surface area contributed by atoms with Gasteiger partial charge in [-0.15, -0.1) is 11.3 Å². The molecule has 2 aromatic heterocycles. The second-order valence-corrected chi connectivity index (χ2v) is 7.09. The molecule has 23 heavy (non-hydrogen) atoms. The lowest BCUT2D eigenvalue weighted by atomic mass is 10.1. The molecule has 1 amide bonds. The summed E-state index contributed by atoms with van der Waals surface area (Å²) in [5.74, 6) is 0.775. The van der Waals surface area contributed by atoms with Crippen molar-refractivity contribution in [1.82, 2.24) is 10.3 Å². The first-order valence-electron chi connectivity index (χ1n) is 7.47. The third-order valence-corrected chi connectivity index (χ3v) is 3.95. The lowest BCUT2D eigenvalue weighted by Crippen LogP contribution is -2.42. The first kappa shape index (κ1) is 17.5. The molecule has 1 unspecified atom stereocenters. The molecule has 0 aliphatic rings. The van der Waals surface area contributed by atoms with E-state index in [0.29, 0.717) is 12.2 Å². The van der Waals surface area contributed by atoms with E-state index in [-0.39, 0.29) is 5.89 Å². The van der Waals surface area contributed by atoms with E-state index in [9.17, 15) is 9.90 Å². The van der Waals surface area contributed by atoms with Crippen molar-refractivity contribution in [2.45, 2.75) is 51.9 Å². The standard InChI is InChI=1S/C16H22N2O4S/c1-5-10(18-15(20)22-16(2,3)4)13(19)14-17-9-11(21-14)12-7-6-8-23-12/h6-10,13,19H,5H2,1-4H3,(H,18,20)/t10?,13-/m0/s1. The zero-order valence-corrected chi connectivity index (χ0v) is 14.5. The van der Waals surface area contributed by atoms with Crippen LogP contribution in [0, 0.1) is 0 Å². The number of nitrogens with zero attached hydrogens (tertiary/aromatic N) is 1. The highest BCUT2D eigenvalue weighted by atomic mass is 32.1. The van der Waals surface area contributed by atoms with Crippen molar-refractivity contribution >= 4 is 17.4 Å². The molecule has 0 spiro atoms. The summed E-state index contributed by atoms with van der Waals surface area (Å²) in [5.41, 5.74) is -0.595. The van der Waals surface area contributed by atoms with Crippen molar-refractivity contribution in [1.29, 1.82) is 0 Å². The highest BCUT2D eigenvalue weighted by molar-refractivity contribution is 7.13. The fraction of sp³-hybridized carbons (Fsp3) is 0.500. The Kier molecular flexibility index (Phi) is 5.43. The van der Waals surface area contributed by atoms with E-state index >= 15 is 0 Å². The number of carbonyl (C=O) groups is 1. The van der Waals surface area contributed by atoms with Crippen LogP contribution in [0.2, 0.25) is 0 Å². The molecule has 2 aromatic rings. The number of nitrogens with one attached hydrogen (secondary N) is 1. The predicted molar refractivity (Wildman–Crippen MR) is 88.2 cm³/mol. The minimum atomic E-state index is -1.04. The molecule has 2 rings (SSSR count). The summed E-state index contributed by atoms with van der Waals surface area (Å²) in [6.45, 7) is 7.20. The van der Waals surface area contributed by atoms with Gasteiger partial charge in [-0.1, -0.05) is 13.0 Å². The number of aliphatic hydroxyl groups is 1. The van der Waals surface area contributed by atoms with Crippen molar-refractivity contribution in [2.75, 3.05) is 0 Å². The number of oxazole rings is 1. The number of alkyl carbamates (subject to hydrolysis) is 1. The number of amides is 1. The number of carbonyl (C=O) groups excluding carboxylic acids is 1. The molecule has 2 atom stereocenters. The summed E-state index contributed by atoms with van der Waals surface area (Å²) >= 11 is 1.53. The minimum Gasteiger partial charge on any atom is -0.444 e. The third kappa shape index (κ3) is 4.80. The van der Waals surface area contributed by atoms with Gasteiger partial charge in [0.1, 0.15) is 5.60 Å². The van der Waals surface area contributed by atoms with Gasteiger partial charge < -0.3 is 19.6 Å². The van der Waals surface area contributed by atoms with E-state index in [0.717, 1.165) is 4.88 Å². The largest absolute Gasteiger partial charge is 0.444 e. The first-order valence-corrected chi connectivity index (χ1v) is 8.35. The van der Waals surface area contributed by atoms with Gasteiger partial charge in [-0.3, -0.25) is 0 Å². The zero-order valence-electron chi connectivity index (χ0n) is 13.7. The molecule has 2 N–H and O–H groups in total. The second-order valence-electron chi connectivity index (χ2n) is 6.15. The maximum atomic E-state index is 11.9. The van der Waals surface area contributed by atoms with Crippen LogP contribution in [-0.2, 0) is 4.74 Å². The lowest BCUT2D eigenvalue weighted by Gasteiger charge is -2.24. The Balaban J connectivity index is 2.05. The van der Waals surface area contributed by atoms with E-state index in [1.807, 2.05) is 24.4 Å². The smallest absolute Gasteiger partial charge is 0.407 e. The second kappa shape index (κ2) is 7.14.